The van der Waals surface area contributed by atoms with Crippen LogP contribution in [0, 0.1) is 19.8 Å². The monoisotopic (exact) mass is 268 g/mol. The SMILES string of the molecule is CCC1OCCC1C(O)c1cc(C)c(C)cc1Cl. The highest BCUT2D eigenvalue weighted by molar-refractivity contribution is 6.31. The first kappa shape index (κ1) is 13.9. The summed E-state index contributed by atoms with van der Waals surface area (Å²) in [7, 11) is 0. The van der Waals surface area contributed by atoms with Crippen molar-refractivity contribution in [2.75, 3.05) is 6.61 Å². The van der Waals surface area contributed by atoms with Crippen LogP contribution in [0.25, 0.3) is 0 Å². The van der Waals surface area contributed by atoms with Crippen molar-refractivity contribution in [3.8, 4) is 0 Å². The number of hydrogen-bond donors (Lipinski definition) is 1. The molecular formula is C15H21ClO2. The fourth-order valence-electron chi connectivity index (χ4n) is 2.71. The summed E-state index contributed by atoms with van der Waals surface area (Å²) in [6.07, 6.45) is 1.47. The summed E-state index contributed by atoms with van der Waals surface area (Å²) in [5, 5.41) is 11.2. The standard InChI is InChI=1S/C15H21ClO2/c1-4-14-11(5-6-18-14)15(17)12-7-9(2)10(3)8-13(12)16/h7-8,11,14-15,17H,4-6H2,1-3H3. The van der Waals surface area contributed by atoms with E-state index in [1.165, 1.54) is 5.56 Å². The van der Waals surface area contributed by atoms with Crippen molar-refractivity contribution >= 4 is 11.6 Å². The van der Waals surface area contributed by atoms with Crippen LogP contribution in [0.1, 0.15) is 42.6 Å². The van der Waals surface area contributed by atoms with Gasteiger partial charge in [0.1, 0.15) is 0 Å². The smallest absolute Gasteiger partial charge is 0.0858 e. The van der Waals surface area contributed by atoms with Gasteiger partial charge in [-0.15, -0.1) is 0 Å². The predicted octanol–water partition coefficient (Wildman–Crippen LogP) is 3.81. The van der Waals surface area contributed by atoms with E-state index in [1.54, 1.807) is 0 Å². The molecule has 1 aromatic carbocycles. The van der Waals surface area contributed by atoms with E-state index in [1.807, 2.05) is 26.0 Å². The molecule has 1 aliphatic heterocycles. The molecule has 0 radical (unpaired) electrons. The zero-order valence-electron chi connectivity index (χ0n) is 11.2. The number of benzene rings is 1. The molecule has 1 aromatic rings. The van der Waals surface area contributed by atoms with Crippen LogP contribution in [0.5, 0.6) is 0 Å². The lowest BCUT2D eigenvalue weighted by Crippen LogP contribution is -2.22. The highest BCUT2D eigenvalue weighted by Crippen LogP contribution is 2.38. The van der Waals surface area contributed by atoms with Crippen molar-refractivity contribution < 1.29 is 9.84 Å². The van der Waals surface area contributed by atoms with Crippen LogP contribution in [0.3, 0.4) is 0 Å². The van der Waals surface area contributed by atoms with Gasteiger partial charge >= 0.3 is 0 Å². The average molecular weight is 269 g/mol. The van der Waals surface area contributed by atoms with Crippen molar-refractivity contribution in [2.45, 2.75) is 45.8 Å². The first-order valence-corrected chi connectivity index (χ1v) is 6.98. The maximum atomic E-state index is 10.6. The van der Waals surface area contributed by atoms with E-state index in [0.717, 1.165) is 30.6 Å². The van der Waals surface area contributed by atoms with E-state index in [4.69, 9.17) is 16.3 Å². The van der Waals surface area contributed by atoms with Gasteiger partial charge in [0.25, 0.3) is 0 Å². The topological polar surface area (TPSA) is 29.5 Å². The molecule has 1 fully saturated rings. The zero-order valence-corrected chi connectivity index (χ0v) is 12.0. The van der Waals surface area contributed by atoms with E-state index < -0.39 is 6.10 Å². The molecule has 1 N–H and O–H groups in total. The third-order valence-corrected chi connectivity index (χ3v) is 4.33. The number of aliphatic hydroxyl groups excluding tert-OH is 1. The molecule has 3 atom stereocenters. The molecule has 1 aliphatic rings. The van der Waals surface area contributed by atoms with Gasteiger partial charge in [-0.2, -0.15) is 0 Å². The van der Waals surface area contributed by atoms with Crippen LogP contribution >= 0.6 is 11.6 Å². The third kappa shape index (κ3) is 2.56. The number of ether oxygens (including phenoxy) is 1. The highest BCUT2D eigenvalue weighted by atomic mass is 35.5. The molecule has 100 valence electrons. The molecule has 0 saturated carbocycles. The molecule has 3 heteroatoms. The second kappa shape index (κ2) is 5.60. The largest absolute Gasteiger partial charge is 0.388 e. The minimum atomic E-state index is -0.524. The van der Waals surface area contributed by atoms with Gasteiger partial charge in [0, 0.05) is 17.5 Å². The Bertz CT molecular complexity index is 431. The maximum Gasteiger partial charge on any atom is 0.0858 e. The Hall–Kier alpha value is -0.570. The predicted molar refractivity (Wildman–Crippen MR) is 74.0 cm³/mol. The first-order chi connectivity index (χ1) is 8.54. The van der Waals surface area contributed by atoms with E-state index in [0.29, 0.717) is 5.02 Å². The minimum absolute atomic E-state index is 0.151. The molecule has 0 bridgehead atoms. The number of aryl methyl sites for hydroxylation is 2. The Morgan fingerprint density at radius 3 is 2.72 bits per heavy atom. The Morgan fingerprint density at radius 2 is 2.06 bits per heavy atom. The Kier molecular flexibility index (Phi) is 4.31. The third-order valence-electron chi connectivity index (χ3n) is 4.00. The summed E-state index contributed by atoms with van der Waals surface area (Å²) < 4.78 is 5.65. The van der Waals surface area contributed by atoms with Crippen molar-refractivity contribution in [2.24, 2.45) is 5.92 Å². The highest BCUT2D eigenvalue weighted by Gasteiger charge is 2.34. The van der Waals surface area contributed by atoms with Crippen LogP contribution in [-0.4, -0.2) is 17.8 Å². The van der Waals surface area contributed by atoms with Crippen molar-refractivity contribution in [1.82, 2.24) is 0 Å². The molecule has 0 aromatic heterocycles. The second-order valence-electron chi connectivity index (χ2n) is 5.17. The van der Waals surface area contributed by atoms with Gasteiger partial charge < -0.3 is 9.84 Å². The fourth-order valence-corrected chi connectivity index (χ4v) is 3.04. The van der Waals surface area contributed by atoms with Gasteiger partial charge in [-0.1, -0.05) is 24.6 Å². The van der Waals surface area contributed by atoms with E-state index >= 15 is 0 Å². The van der Waals surface area contributed by atoms with Crippen molar-refractivity contribution in [3.05, 3.63) is 33.8 Å². The van der Waals surface area contributed by atoms with Crippen LogP contribution in [-0.2, 0) is 4.74 Å². The number of hydrogen-bond acceptors (Lipinski definition) is 2. The van der Waals surface area contributed by atoms with Crippen LogP contribution < -0.4 is 0 Å². The van der Waals surface area contributed by atoms with Gasteiger partial charge in [0.2, 0.25) is 0 Å². The summed E-state index contributed by atoms with van der Waals surface area (Å²) >= 11 is 6.26. The van der Waals surface area contributed by atoms with Gasteiger partial charge in [0.05, 0.1) is 12.2 Å². The summed E-state index contributed by atoms with van der Waals surface area (Å²) in [5.41, 5.74) is 3.17. The molecule has 3 unspecified atom stereocenters. The molecule has 0 amide bonds. The normalized spacial score (nSPS) is 25.4. The lowest BCUT2D eigenvalue weighted by molar-refractivity contribution is 0.0308. The van der Waals surface area contributed by atoms with Gasteiger partial charge in [-0.25, -0.2) is 0 Å². The van der Waals surface area contributed by atoms with Crippen molar-refractivity contribution in [3.63, 3.8) is 0 Å². The fraction of sp³-hybridized carbons (Fsp3) is 0.600. The van der Waals surface area contributed by atoms with Crippen LogP contribution in [0.2, 0.25) is 5.02 Å². The summed E-state index contributed by atoms with van der Waals surface area (Å²) in [5.74, 6) is 0.162. The van der Waals surface area contributed by atoms with Crippen LogP contribution in [0.15, 0.2) is 12.1 Å². The van der Waals surface area contributed by atoms with Crippen molar-refractivity contribution in [1.29, 1.82) is 0 Å². The molecule has 18 heavy (non-hydrogen) atoms. The Labute approximate surface area is 114 Å². The number of rotatable bonds is 3. The Balaban J connectivity index is 2.28. The zero-order chi connectivity index (χ0) is 13.3. The number of aliphatic hydroxyl groups is 1. The lowest BCUT2D eigenvalue weighted by Gasteiger charge is -2.24. The van der Waals surface area contributed by atoms with Gasteiger partial charge in [0.15, 0.2) is 0 Å². The molecule has 1 saturated heterocycles. The van der Waals surface area contributed by atoms with Gasteiger partial charge in [-0.3, -0.25) is 0 Å². The summed E-state index contributed by atoms with van der Waals surface area (Å²) in [6.45, 7) is 6.91. The minimum Gasteiger partial charge on any atom is -0.388 e. The molecule has 0 spiro atoms. The molecular weight excluding hydrogens is 248 g/mol. The molecule has 0 aliphatic carbocycles. The summed E-state index contributed by atoms with van der Waals surface area (Å²) in [6, 6.07) is 3.94. The quantitative estimate of drug-likeness (QED) is 0.903. The summed E-state index contributed by atoms with van der Waals surface area (Å²) in [4.78, 5) is 0. The Morgan fingerprint density at radius 1 is 1.39 bits per heavy atom. The van der Waals surface area contributed by atoms with E-state index in [2.05, 4.69) is 6.92 Å². The molecule has 2 rings (SSSR count). The molecule has 2 nitrogen and oxygen atoms in total. The average Bonchev–Trinajstić information content (AvgIpc) is 2.81. The first-order valence-electron chi connectivity index (χ1n) is 6.61. The second-order valence-corrected chi connectivity index (χ2v) is 5.58. The van der Waals surface area contributed by atoms with E-state index in [9.17, 15) is 5.11 Å². The van der Waals surface area contributed by atoms with Crippen LogP contribution in [0.4, 0.5) is 0 Å². The number of halogens is 1. The maximum absolute atomic E-state index is 10.6. The lowest BCUT2D eigenvalue weighted by atomic mass is 9.88. The molecule has 1 heterocycles. The van der Waals surface area contributed by atoms with E-state index in [-0.39, 0.29) is 12.0 Å². The van der Waals surface area contributed by atoms with Gasteiger partial charge in [-0.05, 0) is 49.4 Å².